The summed E-state index contributed by atoms with van der Waals surface area (Å²) in [6.45, 7) is 2.76. The molecule has 1 aliphatic rings. The van der Waals surface area contributed by atoms with Crippen molar-refractivity contribution >= 4 is 16.8 Å². The highest BCUT2D eigenvalue weighted by Crippen LogP contribution is 2.30. The second kappa shape index (κ2) is 8.40. The van der Waals surface area contributed by atoms with Gasteiger partial charge < -0.3 is 15.6 Å². The molecule has 140 valence electrons. The molecule has 1 aromatic heterocycles. The van der Waals surface area contributed by atoms with Crippen molar-refractivity contribution in [1.29, 1.82) is 0 Å². The summed E-state index contributed by atoms with van der Waals surface area (Å²) in [6, 6.07) is 18.8. The van der Waals surface area contributed by atoms with Crippen LogP contribution in [-0.4, -0.2) is 30.5 Å². The molecule has 27 heavy (non-hydrogen) atoms. The van der Waals surface area contributed by atoms with E-state index in [1.54, 1.807) is 0 Å². The van der Waals surface area contributed by atoms with Gasteiger partial charge in [-0.2, -0.15) is 0 Å². The second-order valence-electron chi connectivity index (χ2n) is 7.45. The van der Waals surface area contributed by atoms with Crippen molar-refractivity contribution in [2.24, 2.45) is 5.92 Å². The monoisotopic (exact) mass is 361 g/mol. The predicted molar refractivity (Wildman–Crippen MR) is 110 cm³/mol. The molecule has 2 heterocycles. The third-order valence-corrected chi connectivity index (χ3v) is 5.64. The maximum Gasteiger partial charge on any atom is 0.220 e. The molecular weight excluding hydrogens is 334 g/mol. The van der Waals surface area contributed by atoms with Crippen molar-refractivity contribution in [3.05, 3.63) is 71.9 Å². The largest absolute Gasteiger partial charge is 0.361 e. The Hall–Kier alpha value is -2.59. The Balaban J connectivity index is 1.48. The van der Waals surface area contributed by atoms with Crippen LogP contribution in [0.2, 0.25) is 0 Å². The second-order valence-corrected chi connectivity index (χ2v) is 7.45. The number of aromatic amines is 1. The van der Waals surface area contributed by atoms with Crippen molar-refractivity contribution in [2.45, 2.75) is 25.2 Å². The number of carbonyl (C=O) groups is 1. The Bertz CT molecular complexity index is 881. The molecule has 4 rings (SSSR count). The zero-order chi connectivity index (χ0) is 18.5. The van der Waals surface area contributed by atoms with E-state index in [1.165, 1.54) is 22.9 Å². The van der Waals surface area contributed by atoms with Crippen LogP contribution in [-0.2, 0) is 4.79 Å². The number of hydrogen-bond acceptors (Lipinski definition) is 2. The highest BCUT2D eigenvalue weighted by atomic mass is 16.1. The van der Waals surface area contributed by atoms with Gasteiger partial charge in [-0.15, -0.1) is 0 Å². The van der Waals surface area contributed by atoms with Crippen LogP contribution in [0.3, 0.4) is 0 Å². The number of nitrogens with one attached hydrogen (secondary N) is 3. The molecular formula is C23H27N3O. The molecule has 2 unspecified atom stereocenters. The molecule has 1 saturated heterocycles. The summed E-state index contributed by atoms with van der Waals surface area (Å²) in [6.07, 6.45) is 4.86. The number of amides is 1. The Morgan fingerprint density at radius 1 is 1.11 bits per heavy atom. The Morgan fingerprint density at radius 2 is 1.93 bits per heavy atom. The first-order valence-corrected chi connectivity index (χ1v) is 9.89. The molecule has 4 nitrogen and oxygen atoms in total. The molecule has 0 radical (unpaired) electrons. The van der Waals surface area contributed by atoms with Crippen LogP contribution in [0.4, 0.5) is 0 Å². The summed E-state index contributed by atoms with van der Waals surface area (Å²) in [5.74, 6) is 0.941. The molecule has 3 N–H and O–H groups in total. The summed E-state index contributed by atoms with van der Waals surface area (Å²) in [5.41, 5.74) is 3.59. The number of rotatable bonds is 7. The quantitative estimate of drug-likeness (QED) is 0.599. The first-order chi connectivity index (χ1) is 13.3. The van der Waals surface area contributed by atoms with Crippen LogP contribution < -0.4 is 10.6 Å². The molecule has 2 atom stereocenters. The summed E-state index contributed by atoms with van der Waals surface area (Å²) in [5, 5.41) is 7.77. The molecule has 1 fully saturated rings. The Morgan fingerprint density at radius 3 is 2.74 bits per heavy atom. The van der Waals surface area contributed by atoms with Gasteiger partial charge in [0.2, 0.25) is 5.91 Å². The number of aromatic nitrogens is 1. The van der Waals surface area contributed by atoms with Crippen LogP contribution >= 0.6 is 0 Å². The maximum atomic E-state index is 12.4. The van der Waals surface area contributed by atoms with Crippen LogP contribution in [0.5, 0.6) is 0 Å². The molecule has 1 amide bonds. The highest BCUT2D eigenvalue weighted by molar-refractivity contribution is 5.84. The third kappa shape index (κ3) is 4.22. The first-order valence-electron chi connectivity index (χ1n) is 9.89. The summed E-state index contributed by atoms with van der Waals surface area (Å²) in [7, 11) is 0. The van der Waals surface area contributed by atoms with E-state index < -0.39 is 0 Å². The minimum atomic E-state index is 0.138. The van der Waals surface area contributed by atoms with Gasteiger partial charge >= 0.3 is 0 Å². The number of hydrogen-bond donors (Lipinski definition) is 3. The third-order valence-electron chi connectivity index (χ3n) is 5.64. The lowest BCUT2D eigenvalue weighted by molar-refractivity contribution is -0.121. The van der Waals surface area contributed by atoms with E-state index in [0.717, 1.165) is 25.0 Å². The average Bonchev–Trinajstić information content (AvgIpc) is 3.38. The maximum absolute atomic E-state index is 12.4. The van der Waals surface area contributed by atoms with Crippen LogP contribution in [0.15, 0.2) is 60.8 Å². The summed E-state index contributed by atoms with van der Waals surface area (Å²) >= 11 is 0. The number of carbonyl (C=O) groups excluding carboxylic acids is 1. The smallest absolute Gasteiger partial charge is 0.220 e. The van der Waals surface area contributed by atoms with Gasteiger partial charge in [-0.05, 0) is 49.0 Å². The fourth-order valence-electron chi connectivity index (χ4n) is 4.08. The minimum Gasteiger partial charge on any atom is -0.361 e. The predicted octanol–water partition coefficient (Wildman–Crippen LogP) is 3.81. The molecule has 3 aromatic rings. The lowest BCUT2D eigenvalue weighted by Gasteiger charge is -2.18. The van der Waals surface area contributed by atoms with Gasteiger partial charge in [0.15, 0.2) is 0 Å². The summed E-state index contributed by atoms with van der Waals surface area (Å²) < 4.78 is 0. The minimum absolute atomic E-state index is 0.138. The molecule has 0 saturated carbocycles. The fourth-order valence-corrected chi connectivity index (χ4v) is 4.08. The van der Waals surface area contributed by atoms with E-state index in [0.29, 0.717) is 18.9 Å². The fraction of sp³-hybridized carbons (Fsp3) is 0.348. The average molecular weight is 361 g/mol. The van der Waals surface area contributed by atoms with Gasteiger partial charge in [0.25, 0.3) is 0 Å². The van der Waals surface area contributed by atoms with Gasteiger partial charge in [-0.1, -0.05) is 48.5 Å². The van der Waals surface area contributed by atoms with Gasteiger partial charge in [-0.25, -0.2) is 0 Å². The van der Waals surface area contributed by atoms with Crippen molar-refractivity contribution in [3.8, 4) is 0 Å². The Kier molecular flexibility index (Phi) is 5.54. The van der Waals surface area contributed by atoms with E-state index >= 15 is 0 Å². The van der Waals surface area contributed by atoms with Gasteiger partial charge in [0.1, 0.15) is 0 Å². The van der Waals surface area contributed by atoms with Crippen molar-refractivity contribution in [2.75, 3.05) is 19.6 Å². The molecule has 2 aromatic carbocycles. The van der Waals surface area contributed by atoms with Crippen LogP contribution in [0.25, 0.3) is 10.9 Å². The zero-order valence-electron chi connectivity index (χ0n) is 15.6. The number of benzene rings is 2. The van der Waals surface area contributed by atoms with Crippen LogP contribution in [0, 0.1) is 5.92 Å². The van der Waals surface area contributed by atoms with Crippen molar-refractivity contribution < 1.29 is 4.79 Å². The normalized spacial score (nSPS) is 17.9. The Labute approximate surface area is 160 Å². The van der Waals surface area contributed by atoms with Crippen LogP contribution in [0.1, 0.15) is 36.3 Å². The molecule has 0 aliphatic carbocycles. The topological polar surface area (TPSA) is 56.9 Å². The SMILES string of the molecule is O=C(CCC1CCNC1)NCC(c1ccccc1)c1c[nH]c2ccccc12. The number of para-hydroxylation sites is 1. The van der Waals surface area contributed by atoms with E-state index in [1.807, 2.05) is 12.1 Å². The standard InChI is InChI=1S/C23H27N3O/c27-23(11-10-17-12-13-24-14-17)26-15-20(18-6-2-1-3-7-18)21-16-25-22-9-5-4-8-19(21)22/h1-9,16-17,20,24-25H,10-15H2,(H,26,27). The number of H-pyrrole nitrogens is 1. The van der Waals surface area contributed by atoms with E-state index in [9.17, 15) is 4.79 Å². The molecule has 1 aliphatic heterocycles. The van der Waals surface area contributed by atoms with Gasteiger partial charge in [-0.3, -0.25) is 4.79 Å². The van der Waals surface area contributed by atoms with E-state index in [4.69, 9.17) is 0 Å². The first kappa shape index (κ1) is 17.8. The number of fused-ring (bicyclic) bond motifs is 1. The van der Waals surface area contributed by atoms with Crippen molar-refractivity contribution in [3.63, 3.8) is 0 Å². The highest BCUT2D eigenvalue weighted by Gasteiger charge is 2.20. The van der Waals surface area contributed by atoms with Gasteiger partial charge in [0, 0.05) is 36.0 Å². The molecule has 0 bridgehead atoms. The lowest BCUT2D eigenvalue weighted by Crippen LogP contribution is -2.29. The zero-order valence-corrected chi connectivity index (χ0v) is 15.6. The summed E-state index contributed by atoms with van der Waals surface area (Å²) in [4.78, 5) is 15.8. The molecule has 4 heteroatoms. The lowest BCUT2D eigenvalue weighted by atomic mass is 9.91. The van der Waals surface area contributed by atoms with Gasteiger partial charge in [0.05, 0.1) is 0 Å². The molecule has 0 spiro atoms. The van der Waals surface area contributed by atoms with E-state index in [2.05, 4.69) is 64.3 Å². The van der Waals surface area contributed by atoms with Crippen molar-refractivity contribution in [1.82, 2.24) is 15.6 Å². The van der Waals surface area contributed by atoms with E-state index in [-0.39, 0.29) is 11.8 Å².